The Kier molecular flexibility index (Phi) is 3.90. The summed E-state index contributed by atoms with van der Waals surface area (Å²) < 4.78 is 0.816. The number of nitrogens with zero attached hydrogens (tertiary/aromatic N) is 4. The zero-order valence-electron chi connectivity index (χ0n) is 9.31. The molecule has 1 N–H and O–H groups in total. The Morgan fingerprint density at radius 1 is 1.18 bits per heavy atom. The molecule has 17 heavy (non-hydrogen) atoms. The van der Waals surface area contributed by atoms with Crippen LogP contribution in [0.4, 0.5) is 5.82 Å². The van der Waals surface area contributed by atoms with Crippen molar-refractivity contribution in [1.29, 1.82) is 0 Å². The van der Waals surface area contributed by atoms with E-state index in [9.17, 15) is 0 Å². The van der Waals surface area contributed by atoms with Crippen LogP contribution in [0.1, 0.15) is 5.56 Å². The molecule has 0 saturated carbocycles. The molecule has 0 atom stereocenters. The Morgan fingerprint density at radius 3 is 2.53 bits per heavy atom. The second-order valence-corrected chi connectivity index (χ2v) is 4.99. The predicted octanol–water partition coefficient (Wildman–Crippen LogP) is 2.53. The molecular formula is C10H10BrN5S. The molecule has 0 fully saturated rings. The third kappa shape index (κ3) is 2.92. The normalized spacial score (nSPS) is 10.3. The monoisotopic (exact) mass is 311 g/mol. The zero-order chi connectivity index (χ0) is 12.3. The molecule has 0 aliphatic heterocycles. The van der Waals surface area contributed by atoms with E-state index in [1.807, 2.05) is 14.0 Å². The lowest BCUT2D eigenvalue weighted by Gasteiger charge is -2.05. The standard InChI is InChI=1S/C10H10BrN5S/c1-6-3-13-10(14-4-6)17-9-7(11)8(12-2)15-5-16-9/h3-5H,1-2H3,(H,12,15,16). The minimum atomic E-state index is 0.664. The van der Waals surface area contributed by atoms with Crippen LogP contribution in [0.5, 0.6) is 0 Å². The van der Waals surface area contributed by atoms with Crippen LogP contribution in [0, 0.1) is 6.92 Å². The fraction of sp³-hybridized carbons (Fsp3) is 0.200. The van der Waals surface area contributed by atoms with Crippen LogP contribution in [0.2, 0.25) is 0 Å². The summed E-state index contributed by atoms with van der Waals surface area (Å²) in [5.74, 6) is 0.745. The predicted molar refractivity (Wildman–Crippen MR) is 70.2 cm³/mol. The van der Waals surface area contributed by atoms with E-state index in [0.29, 0.717) is 5.16 Å². The lowest BCUT2D eigenvalue weighted by atomic mass is 10.4. The summed E-state index contributed by atoms with van der Waals surface area (Å²) in [6.07, 6.45) is 5.07. The van der Waals surface area contributed by atoms with Gasteiger partial charge in [0.2, 0.25) is 0 Å². The van der Waals surface area contributed by atoms with Gasteiger partial charge in [-0.1, -0.05) is 0 Å². The Balaban J connectivity index is 2.27. The lowest BCUT2D eigenvalue weighted by Crippen LogP contribution is -1.96. The quantitative estimate of drug-likeness (QED) is 0.694. The number of hydrogen-bond donors (Lipinski definition) is 1. The van der Waals surface area contributed by atoms with E-state index in [2.05, 4.69) is 41.2 Å². The van der Waals surface area contributed by atoms with Crippen molar-refractivity contribution in [2.24, 2.45) is 0 Å². The Labute approximate surface area is 112 Å². The average molecular weight is 312 g/mol. The molecule has 0 saturated heterocycles. The number of aromatic nitrogens is 4. The summed E-state index contributed by atoms with van der Waals surface area (Å²) in [6, 6.07) is 0. The summed E-state index contributed by atoms with van der Waals surface area (Å²) in [5, 5.41) is 4.43. The van der Waals surface area contributed by atoms with Gasteiger partial charge in [-0.3, -0.25) is 0 Å². The van der Waals surface area contributed by atoms with Gasteiger partial charge in [-0.15, -0.1) is 0 Å². The highest BCUT2D eigenvalue weighted by atomic mass is 79.9. The van der Waals surface area contributed by atoms with E-state index in [-0.39, 0.29) is 0 Å². The van der Waals surface area contributed by atoms with E-state index in [1.54, 1.807) is 12.4 Å². The summed E-state index contributed by atoms with van der Waals surface area (Å²) >= 11 is 4.84. The van der Waals surface area contributed by atoms with Crippen LogP contribution in [-0.2, 0) is 0 Å². The molecular weight excluding hydrogens is 302 g/mol. The first-order valence-corrected chi connectivity index (χ1v) is 6.46. The molecule has 2 heterocycles. The number of aryl methyl sites for hydroxylation is 1. The topological polar surface area (TPSA) is 63.6 Å². The van der Waals surface area contributed by atoms with E-state index < -0.39 is 0 Å². The van der Waals surface area contributed by atoms with Gasteiger partial charge in [0.15, 0.2) is 5.16 Å². The van der Waals surface area contributed by atoms with Gasteiger partial charge in [0.05, 0.1) is 4.47 Å². The molecule has 88 valence electrons. The van der Waals surface area contributed by atoms with Crippen LogP contribution in [0.15, 0.2) is 33.4 Å². The number of nitrogens with one attached hydrogen (secondary N) is 1. The van der Waals surface area contributed by atoms with Crippen molar-refractivity contribution in [2.45, 2.75) is 17.1 Å². The number of hydrogen-bond acceptors (Lipinski definition) is 6. The summed E-state index contributed by atoms with van der Waals surface area (Å²) in [6.45, 7) is 1.95. The third-order valence-corrected chi connectivity index (χ3v) is 3.85. The van der Waals surface area contributed by atoms with Crippen LogP contribution in [0.25, 0.3) is 0 Å². The minimum Gasteiger partial charge on any atom is -0.372 e. The smallest absolute Gasteiger partial charge is 0.193 e. The molecule has 0 spiro atoms. The lowest BCUT2D eigenvalue weighted by molar-refractivity contribution is 0.938. The van der Waals surface area contributed by atoms with Gasteiger partial charge in [-0.2, -0.15) is 0 Å². The first kappa shape index (κ1) is 12.3. The average Bonchev–Trinajstić information content (AvgIpc) is 2.35. The highest BCUT2D eigenvalue weighted by Crippen LogP contribution is 2.32. The number of halogens is 1. The van der Waals surface area contributed by atoms with Gasteiger partial charge in [0.25, 0.3) is 0 Å². The number of rotatable bonds is 3. The fourth-order valence-electron chi connectivity index (χ4n) is 1.12. The molecule has 2 aromatic rings. The van der Waals surface area contributed by atoms with Crippen molar-refractivity contribution in [3.63, 3.8) is 0 Å². The van der Waals surface area contributed by atoms with E-state index in [0.717, 1.165) is 20.9 Å². The highest BCUT2D eigenvalue weighted by Gasteiger charge is 2.10. The Bertz CT molecular complexity index is 517. The van der Waals surface area contributed by atoms with Crippen molar-refractivity contribution < 1.29 is 0 Å². The van der Waals surface area contributed by atoms with Gasteiger partial charge in [-0.25, -0.2) is 19.9 Å². The van der Waals surface area contributed by atoms with E-state index in [1.165, 1.54) is 18.1 Å². The molecule has 5 nitrogen and oxygen atoms in total. The maximum atomic E-state index is 4.22. The van der Waals surface area contributed by atoms with Gasteiger partial charge < -0.3 is 5.32 Å². The van der Waals surface area contributed by atoms with Gasteiger partial charge >= 0.3 is 0 Å². The van der Waals surface area contributed by atoms with Crippen molar-refractivity contribution in [1.82, 2.24) is 19.9 Å². The molecule has 2 aromatic heterocycles. The van der Waals surface area contributed by atoms with Crippen molar-refractivity contribution in [3.05, 3.63) is 28.8 Å². The van der Waals surface area contributed by atoms with Crippen molar-refractivity contribution in [3.8, 4) is 0 Å². The van der Waals surface area contributed by atoms with Crippen LogP contribution >= 0.6 is 27.7 Å². The fourth-order valence-corrected chi connectivity index (χ4v) is 2.43. The largest absolute Gasteiger partial charge is 0.372 e. The van der Waals surface area contributed by atoms with Crippen LogP contribution in [0.3, 0.4) is 0 Å². The summed E-state index contributed by atoms with van der Waals surface area (Å²) in [4.78, 5) is 16.7. The SMILES string of the molecule is CNc1ncnc(Sc2ncc(C)cn2)c1Br. The molecule has 7 heteroatoms. The third-order valence-electron chi connectivity index (χ3n) is 1.94. The van der Waals surface area contributed by atoms with Gasteiger partial charge in [0, 0.05) is 19.4 Å². The zero-order valence-corrected chi connectivity index (χ0v) is 11.7. The van der Waals surface area contributed by atoms with Crippen LogP contribution < -0.4 is 5.32 Å². The molecule has 0 amide bonds. The maximum absolute atomic E-state index is 4.22. The number of anilines is 1. The van der Waals surface area contributed by atoms with E-state index in [4.69, 9.17) is 0 Å². The molecule has 0 aliphatic carbocycles. The molecule has 0 aliphatic rings. The first-order valence-electron chi connectivity index (χ1n) is 4.85. The van der Waals surface area contributed by atoms with Crippen LogP contribution in [-0.4, -0.2) is 27.0 Å². The first-order chi connectivity index (χ1) is 8.20. The Morgan fingerprint density at radius 2 is 1.88 bits per heavy atom. The van der Waals surface area contributed by atoms with Crippen molar-refractivity contribution >= 4 is 33.5 Å². The second kappa shape index (κ2) is 5.42. The maximum Gasteiger partial charge on any atom is 0.193 e. The molecule has 0 bridgehead atoms. The van der Waals surface area contributed by atoms with Crippen molar-refractivity contribution in [2.75, 3.05) is 12.4 Å². The second-order valence-electron chi connectivity index (χ2n) is 3.24. The molecule has 2 rings (SSSR count). The molecule has 0 radical (unpaired) electrons. The molecule has 0 unspecified atom stereocenters. The van der Waals surface area contributed by atoms with E-state index >= 15 is 0 Å². The highest BCUT2D eigenvalue weighted by molar-refractivity contribution is 9.10. The van der Waals surface area contributed by atoms with Gasteiger partial charge in [-0.05, 0) is 40.2 Å². The Hall–Kier alpha value is -1.21. The van der Waals surface area contributed by atoms with Gasteiger partial charge in [0.1, 0.15) is 17.2 Å². The molecule has 0 aromatic carbocycles. The summed E-state index contributed by atoms with van der Waals surface area (Å²) in [7, 11) is 1.81. The minimum absolute atomic E-state index is 0.664. The summed E-state index contributed by atoms with van der Waals surface area (Å²) in [5.41, 5.74) is 1.03.